The zero-order chi connectivity index (χ0) is 20.1. The third-order valence-corrected chi connectivity index (χ3v) is 6.73. The van der Waals surface area contributed by atoms with E-state index in [1.807, 2.05) is 0 Å². The Labute approximate surface area is 175 Å². The summed E-state index contributed by atoms with van der Waals surface area (Å²) in [5, 5.41) is 8.24. The van der Waals surface area contributed by atoms with Crippen LogP contribution in [-0.4, -0.2) is 60.5 Å². The maximum atomic E-state index is 12.5. The number of hydrogen-bond donors (Lipinski definition) is 2. The van der Waals surface area contributed by atoms with E-state index in [-0.39, 0.29) is 24.0 Å². The lowest BCUT2D eigenvalue weighted by Gasteiger charge is -2.32. The van der Waals surface area contributed by atoms with Gasteiger partial charge in [0.25, 0.3) is 5.91 Å². The standard InChI is InChI=1S/C21H28N4O3S/c26-20(18-5-3-13-28-18)25-11-7-16(8-12-25)23-21(27)22-15-17(19-6-4-14-29-19)24-9-1-2-10-24/h3-6,13-14,16-17H,1-2,7-12,15H2,(H2,22,23,27). The highest BCUT2D eigenvalue weighted by Gasteiger charge is 2.27. The van der Waals surface area contributed by atoms with Gasteiger partial charge in [-0.15, -0.1) is 11.3 Å². The molecule has 3 amide bonds. The number of urea groups is 1. The van der Waals surface area contributed by atoms with Crippen molar-refractivity contribution in [2.24, 2.45) is 0 Å². The van der Waals surface area contributed by atoms with Gasteiger partial charge in [0.1, 0.15) is 0 Å². The maximum Gasteiger partial charge on any atom is 0.315 e. The van der Waals surface area contributed by atoms with Gasteiger partial charge in [0.05, 0.1) is 12.3 Å². The van der Waals surface area contributed by atoms with Crippen LogP contribution < -0.4 is 10.6 Å². The third kappa shape index (κ3) is 5.00. The van der Waals surface area contributed by atoms with Crippen molar-refractivity contribution >= 4 is 23.3 Å². The number of nitrogens with zero attached hydrogens (tertiary/aromatic N) is 2. The number of likely N-dealkylation sites (tertiary alicyclic amines) is 2. The largest absolute Gasteiger partial charge is 0.459 e. The Morgan fingerprint density at radius 3 is 2.59 bits per heavy atom. The van der Waals surface area contributed by atoms with E-state index < -0.39 is 0 Å². The Balaban J connectivity index is 1.23. The monoisotopic (exact) mass is 416 g/mol. The highest BCUT2D eigenvalue weighted by atomic mass is 32.1. The van der Waals surface area contributed by atoms with E-state index in [4.69, 9.17) is 4.42 Å². The van der Waals surface area contributed by atoms with Crippen molar-refractivity contribution in [2.75, 3.05) is 32.7 Å². The maximum absolute atomic E-state index is 12.5. The van der Waals surface area contributed by atoms with Gasteiger partial charge in [-0.25, -0.2) is 4.79 Å². The molecule has 0 aromatic carbocycles. The van der Waals surface area contributed by atoms with Crippen molar-refractivity contribution in [1.29, 1.82) is 0 Å². The van der Waals surface area contributed by atoms with Gasteiger partial charge in [-0.2, -0.15) is 0 Å². The highest BCUT2D eigenvalue weighted by molar-refractivity contribution is 7.10. The normalized spacial score (nSPS) is 19.2. The smallest absolute Gasteiger partial charge is 0.315 e. The molecule has 2 aliphatic rings. The second-order valence-corrected chi connectivity index (χ2v) is 8.65. The summed E-state index contributed by atoms with van der Waals surface area (Å²) < 4.78 is 5.19. The summed E-state index contributed by atoms with van der Waals surface area (Å²) in [6.07, 6.45) is 5.46. The van der Waals surface area contributed by atoms with Crippen LogP contribution in [0.1, 0.15) is 47.2 Å². The molecule has 0 bridgehead atoms. The van der Waals surface area contributed by atoms with Gasteiger partial charge in [0.15, 0.2) is 5.76 Å². The van der Waals surface area contributed by atoms with Crippen molar-refractivity contribution in [3.05, 3.63) is 46.5 Å². The lowest BCUT2D eigenvalue weighted by atomic mass is 10.0. The van der Waals surface area contributed by atoms with Crippen LogP contribution in [0.15, 0.2) is 40.3 Å². The molecular weight excluding hydrogens is 388 g/mol. The summed E-state index contributed by atoms with van der Waals surface area (Å²) >= 11 is 1.75. The molecule has 1 unspecified atom stereocenters. The second kappa shape index (κ2) is 9.45. The number of carbonyl (C=O) groups is 2. The topological polar surface area (TPSA) is 77.8 Å². The summed E-state index contributed by atoms with van der Waals surface area (Å²) in [4.78, 5) is 30.4. The second-order valence-electron chi connectivity index (χ2n) is 7.67. The summed E-state index contributed by atoms with van der Waals surface area (Å²) in [5.74, 6) is 0.290. The van der Waals surface area contributed by atoms with Gasteiger partial charge in [-0.1, -0.05) is 6.07 Å². The summed E-state index contributed by atoms with van der Waals surface area (Å²) in [5.41, 5.74) is 0. The zero-order valence-corrected chi connectivity index (χ0v) is 17.3. The molecule has 29 heavy (non-hydrogen) atoms. The lowest BCUT2D eigenvalue weighted by molar-refractivity contribution is 0.0676. The fourth-order valence-corrected chi connectivity index (χ4v) is 5.01. The average molecular weight is 417 g/mol. The molecule has 156 valence electrons. The van der Waals surface area contributed by atoms with Gasteiger partial charge >= 0.3 is 6.03 Å². The molecule has 2 aliphatic heterocycles. The molecule has 1 atom stereocenters. The van der Waals surface area contributed by atoms with Crippen LogP contribution in [-0.2, 0) is 0 Å². The molecule has 2 saturated heterocycles. The molecule has 2 aromatic heterocycles. The Kier molecular flexibility index (Phi) is 6.51. The van der Waals surface area contributed by atoms with Crippen LogP contribution in [0.25, 0.3) is 0 Å². The van der Waals surface area contributed by atoms with Crippen LogP contribution >= 0.6 is 11.3 Å². The molecule has 4 rings (SSSR count). The van der Waals surface area contributed by atoms with E-state index in [0.717, 1.165) is 25.9 Å². The van der Waals surface area contributed by atoms with Crippen LogP contribution in [0.3, 0.4) is 0 Å². The fraction of sp³-hybridized carbons (Fsp3) is 0.524. The number of rotatable bonds is 6. The summed E-state index contributed by atoms with van der Waals surface area (Å²) in [6, 6.07) is 7.84. The molecular formula is C21H28N4O3S. The quantitative estimate of drug-likeness (QED) is 0.759. The van der Waals surface area contributed by atoms with E-state index in [1.54, 1.807) is 28.4 Å². The molecule has 8 heteroatoms. The minimum atomic E-state index is -0.124. The molecule has 0 saturated carbocycles. The predicted molar refractivity (Wildman–Crippen MR) is 112 cm³/mol. The van der Waals surface area contributed by atoms with E-state index in [0.29, 0.717) is 25.4 Å². The molecule has 2 N–H and O–H groups in total. The van der Waals surface area contributed by atoms with Crippen LogP contribution in [0.4, 0.5) is 4.79 Å². The van der Waals surface area contributed by atoms with Crippen molar-refractivity contribution in [2.45, 2.75) is 37.8 Å². The minimum Gasteiger partial charge on any atom is -0.459 e. The first-order valence-corrected chi connectivity index (χ1v) is 11.2. The SMILES string of the molecule is O=C(NCC(c1cccs1)N1CCCC1)NC1CCN(C(=O)c2ccco2)CC1. The van der Waals surface area contributed by atoms with Crippen LogP contribution in [0.5, 0.6) is 0 Å². The van der Waals surface area contributed by atoms with Gasteiger partial charge in [0, 0.05) is 30.6 Å². The number of piperidine rings is 1. The average Bonchev–Trinajstić information content (AvgIpc) is 3.51. The van der Waals surface area contributed by atoms with E-state index >= 15 is 0 Å². The lowest BCUT2D eigenvalue weighted by Crippen LogP contribution is -2.50. The summed E-state index contributed by atoms with van der Waals surface area (Å²) in [6.45, 7) is 4.04. The highest BCUT2D eigenvalue weighted by Crippen LogP contribution is 2.27. The molecule has 4 heterocycles. The number of thiophene rings is 1. The summed E-state index contributed by atoms with van der Waals surface area (Å²) in [7, 11) is 0. The first kappa shape index (κ1) is 20.0. The number of hydrogen-bond acceptors (Lipinski definition) is 5. The Hall–Kier alpha value is -2.32. The third-order valence-electron chi connectivity index (χ3n) is 5.76. The first-order chi connectivity index (χ1) is 14.2. The zero-order valence-electron chi connectivity index (χ0n) is 16.5. The molecule has 0 spiro atoms. The Morgan fingerprint density at radius 1 is 1.14 bits per heavy atom. The first-order valence-electron chi connectivity index (χ1n) is 10.4. The van der Waals surface area contributed by atoms with Gasteiger partial charge in [0.2, 0.25) is 0 Å². The van der Waals surface area contributed by atoms with Gasteiger partial charge in [-0.05, 0) is 62.4 Å². The Bertz CT molecular complexity index is 779. The molecule has 0 radical (unpaired) electrons. The van der Waals surface area contributed by atoms with Crippen molar-refractivity contribution in [3.63, 3.8) is 0 Å². The number of furan rings is 1. The Morgan fingerprint density at radius 2 is 1.93 bits per heavy atom. The van der Waals surface area contributed by atoms with Crippen molar-refractivity contribution in [1.82, 2.24) is 20.4 Å². The molecule has 0 aliphatic carbocycles. The molecule has 2 fully saturated rings. The van der Waals surface area contributed by atoms with E-state index in [1.165, 1.54) is 24.0 Å². The number of amides is 3. The van der Waals surface area contributed by atoms with E-state index in [2.05, 4.69) is 33.0 Å². The molecule has 2 aromatic rings. The minimum absolute atomic E-state index is 0.0812. The van der Waals surface area contributed by atoms with Crippen LogP contribution in [0.2, 0.25) is 0 Å². The fourth-order valence-electron chi connectivity index (χ4n) is 4.15. The predicted octanol–water partition coefficient (Wildman–Crippen LogP) is 3.08. The number of carbonyl (C=O) groups excluding carboxylic acids is 2. The van der Waals surface area contributed by atoms with Crippen molar-refractivity contribution < 1.29 is 14.0 Å². The van der Waals surface area contributed by atoms with Crippen LogP contribution in [0, 0.1) is 0 Å². The molecule has 7 nitrogen and oxygen atoms in total. The number of nitrogens with one attached hydrogen (secondary N) is 2. The van der Waals surface area contributed by atoms with Gasteiger partial charge in [-0.3, -0.25) is 9.69 Å². The van der Waals surface area contributed by atoms with Gasteiger partial charge < -0.3 is 20.0 Å². The van der Waals surface area contributed by atoms with E-state index in [9.17, 15) is 9.59 Å². The van der Waals surface area contributed by atoms with Crippen molar-refractivity contribution in [3.8, 4) is 0 Å².